The van der Waals surface area contributed by atoms with Crippen LogP contribution in [0.1, 0.15) is 38.5 Å². The van der Waals surface area contributed by atoms with Crippen molar-refractivity contribution >= 4 is 11.5 Å². The average Bonchev–Trinajstić information content (AvgIpc) is 3.21. The summed E-state index contributed by atoms with van der Waals surface area (Å²) in [5, 5.41) is 9.02. The molecule has 1 aliphatic heterocycles. The number of nitrogen functional groups attached to an aromatic ring is 1. The number of nitrogens with two attached hydrogens (primary N) is 1. The van der Waals surface area contributed by atoms with E-state index in [1.54, 1.807) is 0 Å². The van der Waals surface area contributed by atoms with Gasteiger partial charge in [-0.2, -0.15) is 4.98 Å². The summed E-state index contributed by atoms with van der Waals surface area (Å²) in [6, 6.07) is 4.35. The molecule has 2 fully saturated rings. The molecule has 1 saturated heterocycles. The fourth-order valence-electron chi connectivity index (χ4n) is 2.96. The van der Waals surface area contributed by atoms with E-state index in [-0.39, 0.29) is 6.61 Å². The summed E-state index contributed by atoms with van der Waals surface area (Å²) >= 11 is 0. The Morgan fingerprint density at radius 1 is 1.33 bits per heavy atom. The summed E-state index contributed by atoms with van der Waals surface area (Å²) in [5.74, 6) is 2.22. The van der Waals surface area contributed by atoms with Crippen LogP contribution in [0.15, 0.2) is 12.1 Å². The smallest absolute Gasteiger partial charge is 0.239 e. The van der Waals surface area contributed by atoms with Gasteiger partial charge in [-0.3, -0.25) is 0 Å². The fraction of sp³-hybridized carbons (Fsp3) is 0.688. The number of anilines is 2. The Morgan fingerprint density at radius 2 is 2.19 bits per heavy atom. The molecule has 116 valence electrons. The van der Waals surface area contributed by atoms with Crippen LogP contribution in [-0.4, -0.2) is 35.9 Å². The molecule has 0 bridgehead atoms. The monoisotopic (exact) mass is 291 g/mol. The van der Waals surface area contributed by atoms with Crippen molar-refractivity contribution in [2.75, 3.05) is 30.4 Å². The topological polar surface area (TPSA) is 71.6 Å². The predicted molar refractivity (Wildman–Crippen MR) is 83.6 cm³/mol. The lowest BCUT2D eigenvalue weighted by Crippen LogP contribution is -2.30. The van der Waals surface area contributed by atoms with Gasteiger partial charge in [0.2, 0.25) is 5.88 Å². The molecule has 0 radical (unpaired) electrons. The van der Waals surface area contributed by atoms with Gasteiger partial charge in [0.05, 0.1) is 12.3 Å². The van der Waals surface area contributed by atoms with Crippen LogP contribution in [0.3, 0.4) is 0 Å². The van der Waals surface area contributed by atoms with Crippen LogP contribution in [0, 0.1) is 5.92 Å². The van der Waals surface area contributed by atoms with Crippen molar-refractivity contribution in [3.05, 3.63) is 12.1 Å². The van der Waals surface area contributed by atoms with Gasteiger partial charge < -0.3 is 20.5 Å². The van der Waals surface area contributed by atoms with Crippen LogP contribution in [0.25, 0.3) is 0 Å². The third-order valence-electron chi connectivity index (χ3n) is 4.39. The second-order valence-corrected chi connectivity index (χ2v) is 6.17. The molecule has 1 aliphatic carbocycles. The Morgan fingerprint density at radius 3 is 2.95 bits per heavy atom. The summed E-state index contributed by atoms with van der Waals surface area (Å²) < 4.78 is 5.77. The fourth-order valence-corrected chi connectivity index (χ4v) is 2.96. The minimum atomic E-state index is 0.259. The Bertz CT molecular complexity index is 477. The van der Waals surface area contributed by atoms with Gasteiger partial charge in [0.15, 0.2) is 0 Å². The Kier molecular flexibility index (Phi) is 4.48. The van der Waals surface area contributed by atoms with E-state index >= 15 is 0 Å². The molecular formula is C16H25N3O2. The van der Waals surface area contributed by atoms with Crippen LogP contribution in [0.2, 0.25) is 0 Å². The number of hydrogen-bond donors (Lipinski definition) is 2. The van der Waals surface area contributed by atoms with Crippen LogP contribution >= 0.6 is 0 Å². The largest absolute Gasteiger partial charge is 0.476 e. The molecule has 1 aromatic rings. The summed E-state index contributed by atoms with van der Waals surface area (Å²) in [7, 11) is 0. The average molecular weight is 291 g/mol. The van der Waals surface area contributed by atoms with Crippen molar-refractivity contribution in [3.8, 4) is 5.88 Å². The quantitative estimate of drug-likeness (QED) is 0.806. The van der Waals surface area contributed by atoms with E-state index in [1.807, 2.05) is 12.1 Å². The van der Waals surface area contributed by atoms with Crippen molar-refractivity contribution in [2.24, 2.45) is 5.92 Å². The van der Waals surface area contributed by atoms with Crippen LogP contribution < -0.4 is 15.4 Å². The highest BCUT2D eigenvalue weighted by Gasteiger charge is 2.26. The lowest BCUT2D eigenvalue weighted by Gasteiger charge is -2.26. The molecule has 1 atom stereocenters. The van der Waals surface area contributed by atoms with Crippen molar-refractivity contribution in [3.63, 3.8) is 0 Å². The van der Waals surface area contributed by atoms with E-state index in [0.29, 0.717) is 23.5 Å². The van der Waals surface area contributed by atoms with Crippen molar-refractivity contribution in [1.82, 2.24) is 4.98 Å². The SMILES string of the molecule is Nc1ccc(N2CCCC2CCCO)nc1OCC1CC1. The molecule has 0 aromatic carbocycles. The van der Waals surface area contributed by atoms with Crippen LogP contribution in [0.4, 0.5) is 11.5 Å². The minimum Gasteiger partial charge on any atom is -0.476 e. The van der Waals surface area contributed by atoms with E-state index < -0.39 is 0 Å². The number of aliphatic hydroxyl groups is 1. The maximum Gasteiger partial charge on any atom is 0.239 e. The van der Waals surface area contributed by atoms with E-state index in [2.05, 4.69) is 9.88 Å². The maximum absolute atomic E-state index is 9.02. The molecule has 0 spiro atoms. The number of ether oxygens (including phenoxy) is 1. The van der Waals surface area contributed by atoms with E-state index in [4.69, 9.17) is 15.6 Å². The standard InChI is InChI=1S/C16H25N3O2/c17-14-7-8-15(18-16(14)21-11-12-5-6-12)19-9-1-3-13(19)4-2-10-20/h7-8,12-13,20H,1-6,9-11,17H2. The summed E-state index contributed by atoms with van der Waals surface area (Å²) in [4.78, 5) is 6.96. The first-order valence-electron chi connectivity index (χ1n) is 8.04. The first kappa shape index (κ1) is 14.4. The van der Waals surface area contributed by atoms with Gasteiger partial charge in [0, 0.05) is 19.2 Å². The molecule has 1 saturated carbocycles. The summed E-state index contributed by atoms with van der Waals surface area (Å²) in [6.45, 7) is 2.01. The number of hydrogen-bond acceptors (Lipinski definition) is 5. The molecule has 21 heavy (non-hydrogen) atoms. The third-order valence-corrected chi connectivity index (χ3v) is 4.39. The maximum atomic E-state index is 9.02. The highest BCUT2D eigenvalue weighted by Crippen LogP contribution is 2.33. The zero-order valence-corrected chi connectivity index (χ0v) is 12.5. The predicted octanol–water partition coefficient (Wildman–Crippen LogP) is 2.19. The Hall–Kier alpha value is -1.49. The molecule has 1 aromatic heterocycles. The Balaban J connectivity index is 1.69. The molecule has 1 unspecified atom stereocenters. The molecular weight excluding hydrogens is 266 g/mol. The number of nitrogens with zero attached hydrogens (tertiary/aromatic N) is 2. The molecule has 0 amide bonds. The van der Waals surface area contributed by atoms with Gasteiger partial charge in [-0.1, -0.05) is 0 Å². The van der Waals surface area contributed by atoms with Gasteiger partial charge >= 0.3 is 0 Å². The van der Waals surface area contributed by atoms with Gasteiger partial charge in [-0.15, -0.1) is 0 Å². The van der Waals surface area contributed by atoms with Gasteiger partial charge in [-0.05, 0) is 56.6 Å². The highest BCUT2D eigenvalue weighted by molar-refractivity contribution is 5.55. The van der Waals surface area contributed by atoms with Crippen molar-refractivity contribution in [2.45, 2.75) is 44.6 Å². The Labute approximate surface area is 126 Å². The van der Waals surface area contributed by atoms with Crippen LogP contribution in [0.5, 0.6) is 5.88 Å². The summed E-state index contributed by atoms with van der Waals surface area (Å²) in [5.41, 5.74) is 6.59. The number of pyridine rings is 1. The molecule has 5 heteroatoms. The summed E-state index contributed by atoms with van der Waals surface area (Å²) in [6.07, 6.45) is 6.73. The van der Waals surface area contributed by atoms with E-state index in [1.165, 1.54) is 25.7 Å². The molecule has 2 heterocycles. The first-order valence-corrected chi connectivity index (χ1v) is 8.04. The van der Waals surface area contributed by atoms with E-state index in [9.17, 15) is 0 Å². The van der Waals surface area contributed by atoms with Gasteiger partial charge in [0.1, 0.15) is 5.82 Å². The lowest BCUT2D eigenvalue weighted by atomic mass is 10.1. The second-order valence-electron chi connectivity index (χ2n) is 6.17. The zero-order valence-electron chi connectivity index (χ0n) is 12.5. The number of aliphatic hydroxyl groups excluding tert-OH is 1. The first-order chi connectivity index (χ1) is 10.3. The number of aromatic nitrogens is 1. The zero-order chi connectivity index (χ0) is 14.7. The third kappa shape index (κ3) is 3.59. The minimum absolute atomic E-state index is 0.259. The van der Waals surface area contributed by atoms with E-state index in [0.717, 1.165) is 31.8 Å². The molecule has 2 aliphatic rings. The molecule has 3 rings (SSSR count). The van der Waals surface area contributed by atoms with Crippen molar-refractivity contribution < 1.29 is 9.84 Å². The van der Waals surface area contributed by atoms with Gasteiger partial charge in [0.25, 0.3) is 0 Å². The highest BCUT2D eigenvalue weighted by atomic mass is 16.5. The molecule has 5 nitrogen and oxygen atoms in total. The van der Waals surface area contributed by atoms with Crippen LogP contribution in [-0.2, 0) is 0 Å². The lowest BCUT2D eigenvalue weighted by molar-refractivity contribution is 0.279. The molecule has 3 N–H and O–H groups in total. The normalized spacial score (nSPS) is 21.8. The van der Waals surface area contributed by atoms with Gasteiger partial charge in [-0.25, -0.2) is 0 Å². The van der Waals surface area contributed by atoms with Crippen molar-refractivity contribution in [1.29, 1.82) is 0 Å². The number of rotatable bonds is 7. The second kappa shape index (κ2) is 6.52.